The second-order valence-electron chi connectivity index (χ2n) is 3.45. The van der Waals surface area contributed by atoms with Crippen LogP contribution >= 0.6 is 0 Å². The number of hydrogen-bond acceptors (Lipinski definition) is 2. The highest BCUT2D eigenvalue weighted by molar-refractivity contribution is 5.81. The smallest absolute Gasteiger partial charge is 0.236 e. The van der Waals surface area contributed by atoms with Crippen LogP contribution in [-0.2, 0) is 4.79 Å². The van der Waals surface area contributed by atoms with E-state index < -0.39 is 0 Å². The summed E-state index contributed by atoms with van der Waals surface area (Å²) in [5.41, 5.74) is 0. The van der Waals surface area contributed by atoms with E-state index in [1.54, 1.807) is 0 Å². The first-order chi connectivity index (χ1) is 5.74. The summed E-state index contributed by atoms with van der Waals surface area (Å²) in [7, 11) is 0. The van der Waals surface area contributed by atoms with Gasteiger partial charge in [-0.05, 0) is 26.2 Å². The molecule has 2 N–H and O–H groups in total. The predicted molar refractivity (Wildman–Crippen MR) is 48.9 cm³/mol. The van der Waals surface area contributed by atoms with Crippen LogP contribution in [0.15, 0.2) is 0 Å². The van der Waals surface area contributed by atoms with Crippen molar-refractivity contribution in [2.45, 2.75) is 45.2 Å². The van der Waals surface area contributed by atoms with Crippen molar-refractivity contribution in [1.29, 1.82) is 0 Å². The minimum atomic E-state index is -0.0240. The standard InChI is InChI=1S/C9H18N2O/c1-3-6-10-9(12)7(2)11-8-4-5-8/h7-8,11H,3-6H2,1-2H3,(H,10,12)/t7-/m1/s1. The summed E-state index contributed by atoms with van der Waals surface area (Å²) in [6.45, 7) is 4.76. The van der Waals surface area contributed by atoms with Gasteiger partial charge in [-0.1, -0.05) is 6.92 Å². The molecule has 0 unspecified atom stereocenters. The largest absolute Gasteiger partial charge is 0.355 e. The Morgan fingerprint density at radius 1 is 1.58 bits per heavy atom. The van der Waals surface area contributed by atoms with Crippen LogP contribution in [0.2, 0.25) is 0 Å². The van der Waals surface area contributed by atoms with Crippen molar-refractivity contribution in [3.05, 3.63) is 0 Å². The van der Waals surface area contributed by atoms with E-state index in [0.717, 1.165) is 13.0 Å². The molecule has 0 aromatic heterocycles. The van der Waals surface area contributed by atoms with Gasteiger partial charge in [-0.25, -0.2) is 0 Å². The summed E-state index contributed by atoms with van der Waals surface area (Å²) in [5, 5.41) is 6.11. The molecule has 1 fully saturated rings. The first-order valence-electron chi connectivity index (χ1n) is 4.77. The Hall–Kier alpha value is -0.570. The molecule has 70 valence electrons. The highest BCUT2D eigenvalue weighted by Gasteiger charge is 2.25. The average Bonchev–Trinajstić information content (AvgIpc) is 2.83. The van der Waals surface area contributed by atoms with Gasteiger partial charge in [-0.2, -0.15) is 0 Å². The Bertz CT molecular complexity index is 155. The normalized spacial score (nSPS) is 18.8. The monoisotopic (exact) mass is 170 g/mol. The lowest BCUT2D eigenvalue weighted by Crippen LogP contribution is -2.43. The van der Waals surface area contributed by atoms with E-state index in [0.29, 0.717) is 6.04 Å². The van der Waals surface area contributed by atoms with Crippen LogP contribution in [0.1, 0.15) is 33.1 Å². The third-order valence-corrected chi connectivity index (χ3v) is 2.01. The molecular weight excluding hydrogens is 152 g/mol. The van der Waals surface area contributed by atoms with Gasteiger partial charge in [0.1, 0.15) is 0 Å². The molecule has 0 aliphatic heterocycles. The van der Waals surface area contributed by atoms with Crippen LogP contribution in [0.3, 0.4) is 0 Å². The van der Waals surface area contributed by atoms with Crippen LogP contribution in [-0.4, -0.2) is 24.5 Å². The number of rotatable bonds is 5. The first kappa shape index (κ1) is 9.52. The third-order valence-electron chi connectivity index (χ3n) is 2.01. The second-order valence-corrected chi connectivity index (χ2v) is 3.45. The maximum Gasteiger partial charge on any atom is 0.236 e. The Morgan fingerprint density at radius 2 is 2.25 bits per heavy atom. The van der Waals surface area contributed by atoms with Crippen molar-refractivity contribution in [3.8, 4) is 0 Å². The molecule has 0 aromatic carbocycles. The van der Waals surface area contributed by atoms with Crippen molar-refractivity contribution in [2.24, 2.45) is 0 Å². The summed E-state index contributed by atoms with van der Waals surface area (Å²) in [4.78, 5) is 11.3. The summed E-state index contributed by atoms with van der Waals surface area (Å²) in [6.07, 6.45) is 3.46. The molecular formula is C9H18N2O. The van der Waals surface area contributed by atoms with E-state index >= 15 is 0 Å². The molecule has 1 amide bonds. The van der Waals surface area contributed by atoms with Crippen LogP contribution in [0.25, 0.3) is 0 Å². The molecule has 0 radical (unpaired) electrons. The maximum absolute atomic E-state index is 11.3. The topological polar surface area (TPSA) is 41.1 Å². The van der Waals surface area contributed by atoms with Crippen molar-refractivity contribution in [3.63, 3.8) is 0 Å². The minimum absolute atomic E-state index is 0.0240. The number of carbonyl (C=O) groups is 1. The van der Waals surface area contributed by atoms with Crippen molar-refractivity contribution in [2.75, 3.05) is 6.54 Å². The molecule has 1 rings (SSSR count). The Morgan fingerprint density at radius 3 is 2.75 bits per heavy atom. The maximum atomic E-state index is 11.3. The molecule has 3 nitrogen and oxygen atoms in total. The molecule has 1 saturated carbocycles. The molecule has 0 heterocycles. The fraction of sp³-hybridized carbons (Fsp3) is 0.889. The molecule has 12 heavy (non-hydrogen) atoms. The van der Waals surface area contributed by atoms with Crippen molar-refractivity contribution in [1.82, 2.24) is 10.6 Å². The lowest BCUT2D eigenvalue weighted by atomic mass is 10.3. The van der Waals surface area contributed by atoms with Crippen molar-refractivity contribution < 1.29 is 4.79 Å². The SMILES string of the molecule is CCCNC(=O)[C@@H](C)NC1CC1. The lowest BCUT2D eigenvalue weighted by molar-refractivity contribution is -0.122. The minimum Gasteiger partial charge on any atom is -0.355 e. The molecule has 1 atom stereocenters. The first-order valence-corrected chi connectivity index (χ1v) is 4.77. The number of hydrogen-bond donors (Lipinski definition) is 2. The molecule has 0 bridgehead atoms. The van der Waals surface area contributed by atoms with E-state index in [-0.39, 0.29) is 11.9 Å². The molecule has 3 heteroatoms. The molecule has 0 saturated heterocycles. The van der Waals surface area contributed by atoms with Gasteiger partial charge in [-0.3, -0.25) is 4.79 Å². The van der Waals surface area contributed by atoms with E-state index in [1.807, 2.05) is 6.92 Å². The summed E-state index contributed by atoms with van der Waals surface area (Å²) >= 11 is 0. The van der Waals surface area contributed by atoms with E-state index in [1.165, 1.54) is 12.8 Å². The molecule has 0 aromatic rings. The van der Waals surface area contributed by atoms with Gasteiger partial charge in [-0.15, -0.1) is 0 Å². The highest BCUT2D eigenvalue weighted by Crippen LogP contribution is 2.19. The zero-order valence-electron chi connectivity index (χ0n) is 7.89. The summed E-state index contributed by atoms with van der Waals surface area (Å²) < 4.78 is 0. The number of carbonyl (C=O) groups excluding carboxylic acids is 1. The second kappa shape index (κ2) is 4.45. The van der Waals surface area contributed by atoms with Crippen LogP contribution < -0.4 is 10.6 Å². The van der Waals surface area contributed by atoms with Crippen LogP contribution in [0, 0.1) is 0 Å². The summed E-state index contributed by atoms with van der Waals surface area (Å²) in [6, 6.07) is 0.580. The van der Waals surface area contributed by atoms with Crippen molar-refractivity contribution >= 4 is 5.91 Å². The van der Waals surface area contributed by atoms with Crippen LogP contribution in [0.5, 0.6) is 0 Å². The fourth-order valence-electron chi connectivity index (χ4n) is 1.08. The molecule has 1 aliphatic carbocycles. The average molecular weight is 170 g/mol. The Balaban J connectivity index is 2.11. The van der Waals surface area contributed by atoms with Gasteiger partial charge >= 0.3 is 0 Å². The number of nitrogens with one attached hydrogen (secondary N) is 2. The van der Waals surface area contributed by atoms with Crippen LogP contribution in [0.4, 0.5) is 0 Å². The lowest BCUT2D eigenvalue weighted by Gasteiger charge is -2.12. The number of amides is 1. The fourth-order valence-corrected chi connectivity index (χ4v) is 1.08. The van der Waals surface area contributed by atoms with Gasteiger partial charge in [0.2, 0.25) is 5.91 Å². The van der Waals surface area contributed by atoms with Gasteiger partial charge in [0.15, 0.2) is 0 Å². The van der Waals surface area contributed by atoms with E-state index in [4.69, 9.17) is 0 Å². The van der Waals surface area contributed by atoms with Gasteiger partial charge in [0, 0.05) is 12.6 Å². The van der Waals surface area contributed by atoms with E-state index in [2.05, 4.69) is 17.6 Å². The summed E-state index contributed by atoms with van der Waals surface area (Å²) in [5.74, 6) is 0.128. The zero-order valence-corrected chi connectivity index (χ0v) is 7.89. The third kappa shape index (κ3) is 3.22. The Kier molecular flexibility index (Phi) is 3.53. The van der Waals surface area contributed by atoms with E-state index in [9.17, 15) is 4.79 Å². The Labute approximate surface area is 73.9 Å². The quantitative estimate of drug-likeness (QED) is 0.636. The molecule has 0 spiro atoms. The van der Waals surface area contributed by atoms with Gasteiger partial charge in [0.25, 0.3) is 0 Å². The predicted octanol–water partition coefficient (Wildman–Crippen LogP) is 0.653. The van der Waals surface area contributed by atoms with Gasteiger partial charge < -0.3 is 10.6 Å². The zero-order chi connectivity index (χ0) is 8.97. The molecule has 1 aliphatic rings. The van der Waals surface area contributed by atoms with Gasteiger partial charge in [0.05, 0.1) is 6.04 Å². The highest BCUT2D eigenvalue weighted by atomic mass is 16.2.